The zero-order valence-electron chi connectivity index (χ0n) is 33.9. The van der Waals surface area contributed by atoms with Gasteiger partial charge in [0, 0.05) is 34.5 Å². The van der Waals surface area contributed by atoms with Gasteiger partial charge in [0.2, 0.25) is 0 Å². The summed E-state index contributed by atoms with van der Waals surface area (Å²) in [6, 6.07) is 21.4. The number of rotatable bonds is 6. The number of halogens is 5. The first kappa shape index (κ1) is 42.7. The average molecular weight is 862 g/mol. The lowest BCUT2D eigenvalue weighted by Crippen LogP contribution is -2.65. The second-order valence-corrected chi connectivity index (χ2v) is 22.1. The number of hydrogen-bond donors (Lipinski definition) is 2. The Bertz CT molecular complexity index is 2280. The lowest BCUT2D eigenvalue weighted by atomic mass is 9.49. The number of benzene rings is 3. The minimum atomic E-state index is -5.94. The summed E-state index contributed by atoms with van der Waals surface area (Å²) in [7, 11) is -4.85. The molecule has 1 aliphatic heterocycles. The van der Waals surface area contributed by atoms with E-state index in [4.69, 9.17) is 9.47 Å². The Labute approximate surface area is 345 Å². The van der Waals surface area contributed by atoms with Crippen LogP contribution in [0.5, 0.6) is 0 Å². The molecular formula is C45H52F5NO6S2. The van der Waals surface area contributed by atoms with Crippen LogP contribution >= 0.6 is 0 Å². The van der Waals surface area contributed by atoms with Gasteiger partial charge < -0.3 is 19.7 Å². The maximum atomic E-state index is 15.6. The second-order valence-electron chi connectivity index (χ2n) is 18.7. The third kappa shape index (κ3) is 7.05. The number of allylic oxidation sites excluding steroid dienone is 1. The van der Waals surface area contributed by atoms with Crippen molar-refractivity contribution in [3.63, 3.8) is 0 Å². The zero-order chi connectivity index (χ0) is 42.6. The second kappa shape index (κ2) is 14.3. The molecule has 5 aliphatic rings. The van der Waals surface area contributed by atoms with E-state index < -0.39 is 79.4 Å². The van der Waals surface area contributed by atoms with E-state index >= 15 is 8.78 Å². The first-order chi connectivity index (χ1) is 27.4. The van der Waals surface area contributed by atoms with Gasteiger partial charge >= 0.3 is 12.1 Å². The molecule has 3 unspecified atom stereocenters. The lowest BCUT2D eigenvalue weighted by Gasteiger charge is -2.59. The third-order valence-electron chi connectivity index (χ3n) is 14.3. The summed E-state index contributed by atoms with van der Waals surface area (Å²) >= 11 is 0. The molecule has 0 bridgehead atoms. The van der Waals surface area contributed by atoms with Crippen molar-refractivity contribution in [2.75, 3.05) is 19.5 Å². The number of fused-ring (bicyclic) bond motifs is 4. The van der Waals surface area contributed by atoms with Crippen molar-refractivity contribution in [2.45, 2.75) is 124 Å². The summed E-state index contributed by atoms with van der Waals surface area (Å²) in [6.07, 6.45) is -3.29. The molecule has 7 nitrogen and oxygen atoms in total. The van der Waals surface area contributed by atoms with Gasteiger partial charge in [-0.25, -0.2) is 0 Å². The van der Waals surface area contributed by atoms with Gasteiger partial charge in [0.15, 0.2) is 5.79 Å². The first-order valence-corrected chi connectivity index (χ1v) is 23.3. The van der Waals surface area contributed by atoms with Crippen molar-refractivity contribution in [3.8, 4) is 11.1 Å². The molecule has 3 aromatic carbocycles. The highest BCUT2D eigenvalue weighted by molar-refractivity contribution is 7.99. The molecule has 4 aliphatic carbocycles. The highest BCUT2D eigenvalue weighted by Crippen LogP contribution is 2.71. The minimum Gasteiger partial charge on any atom is -0.385 e. The lowest BCUT2D eigenvalue weighted by molar-refractivity contribution is -0.362. The number of sulfonamides is 1. The van der Waals surface area contributed by atoms with Crippen LogP contribution in [0.15, 0.2) is 97.5 Å². The fraction of sp³-hybridized carbons (Fsp3) is 0.556. The topological polar surface area (TPSA) is 105 Å². The molecule has 0 radical (unpaired) electrons. The van der Waals surface area contributed by atoms with Crippen molar-refractivity contribution in [3.05, 3.63) is 95.1 Å². The first-order valence-electron chi connectivity index (χ1n) is 20.3. The molecule has 7 atom stereocenters. The van der Waals surface area contributed by atoms with E-state index in [1.54, 1.807) is 18.4 Å². The largest absolute Gasteiger partial charge is 0.456 e. The molecule has 8 rings (SSSR count). The van der Waals surface area contributed by atoms with Crippen LogP contribution in [0.2, 0.25) is 0 Å². The van der Waals surface area contributed by atoms with Crippen molar-refractivity contribution in [1.82, 2.24) is 0 Å². The van der Waals surface area contributed by atoms with Crippen LogP contribution in [0, 0.1) is 29.6 Å². The molecule has 3 saturated carbocycles. The molecule has 0 aromatic heterocycles. The minimum absolute atomic E-state index is 0.00971. The summed E-state index contributed by atoms with van der Waals surface area (Å²) in [4.78, 5) is 0.843. The Morgan fingerprint density at radius 2 is 1.41 bits per heavy atom. The summed E-state index contributed by atoms with van der Waals surface area (Å²) < 4.78 is 116. The number of aryl methyl sites for hydroxylation is 1. The van der Waals surface area contributed by atoms with Crippen LogP contribution in [0.4, 0.5) is 22.0 Å². The molecule has 0 amide bonds. The predicted molar refractivity (Wildman–Crippen MR) is 215 cm³/mol. The highest BCUT2D eigenvalue weighted by atomic mass is 32.3. The quantitative estimate of drug-likeness (QED) is 0.189. The van der Waals surface area contributed by atoms with E-state index in [0.29, 0.717) is 38.0 Å². The Balaban J connectivity index is 1.14. The molecule has 3 aromatic rings. The van der Waals surface area contributed by atoms with E-state index in [9.17, 15) is 31.8 Å². The molecule has 2 N–H and O–H groups in total. The van der Waals surface area contributed by atoms with Crippen molar-refractivity contribution >= 4 is 20.7 Å². The van der Waals surface area contributed by atoms with Crippen molar-refractivity contribution in [2.24, 2.45) is 26.4 Å². The van der Waals surface area contributed by atoms with Crippen LogP contribution < -0.4 is 0 Å². The Kier molecular flexibility index (Phi) is 10.3. The van der Waals surface area contributed by atoms with Crippen LogP contribution in [0.1, 0.15) is 89.2 Å². The molecule has 1 spiro atoms. The molecule has 1 heterocycles. The molecule has 1 saturated heterocycles. The van der Waals surface area contributed by atoms with E-state index in [0.717, 1.165) is 32.7 Å². The van der Waals surface area contributed by atoms with Gasteiger partial charge in [0.1, 0.15) is 5.60 Å². The van der Waals surface area contributed by atoms with Crippen LogP contribution in [0.3, 0.4) is 0 Å². The van der Waals surface area contributed by atoms with Crippen LogP contribution in [-0.2, 0) is 30.2 Å². The summed E-state index contributed by atoms with van der Waals surface area (Å²) in [5.74, 6) is -8.01. The van der Waals surface area contributed by atoms with Gasteiger partial charge in [-0.1, -0.05) is 91.1 Å². The van der Waals surface area contributed by atoms with Gasteiger partial charge in [-0.3, -0.25) is 0 Å². The van der Waals surface area contributed by atoms with Crippen molar-refractivity contribution in [1.29, 1.82) is 0 Å². The summed E-state index contributed by atoms with van der Waals surface area (Å²) in [5, 5.41) is 24.2. The number of ether oxygens (including phenoxy) is 2. The number of nitrogens with zero attached hydrogens (tertiary/aromatic N) is 1. The van der Waals surface area contributed by atoms with E-state index in [-0.39, 0.29) is 36.0 Å². The smallest absolute Gasteiger partial charge is 0.385 e. The monoisotopic (exact) mass is 861 g/mol. The van der Waals surface area contributed by atoms with Gasteiger partial charge in [0.05, 0.1) is 23.7 Å². The number of aliphatic hydroxyl groups is 2. The SMILES string of the molecule is Cc1ccc(S(=O)(=O)N=S(C)c2ccc(-c3ccc([C@H]4C[C@@]5(C)C(CC[C@@]5(O)C(F)(F)C(F)(F)F)C5CC[C@@]6(O)CC7(CCC6=C54)OCC(C)(C)CO7)cc3)cc2)cc1. The van der Waals surface area contributed by atoms with E-state index in [1.807, 2.05) is 69.3 Å². The standard InChI is InChI=1S/C45H52F5NO6S2/c1-28-6-16-33(17-7-28)59(54,55)51-58(5)32-14-12-30(13-15-32)29-8-10-31(11-9-29)35-24-40(4)36(20-23-43(40,53)44(46,47)45(48,49)50)34-18-21-41(52)25-42(22-19-37(41)38(34)35)56-26-39(2,3)27-57-42/h6-17,34-36,52-53H,18-27H2,1-5H3/t34?,35-,36?,40+,41-,43+,58?/m1/s1. The fourth-order valence-electron chi connectivity index (χ4n) is 11.0. The fourth-order valence-corrected chi connectivity index (χ4v) is 13.9. The van der Waals surface area contributed by atoms with Crippen LogP contribution in [-0.4, -0.2) is 67.2 Å². The van der Waals surface area contributed by atoms with Gasteiger partial charge in [0.25, 0.3) is 10.0 Å². The predicted octanol–water partition coefficient (Wildman–Crippen LogP) is 10.1. The van der Waals surface area contributed by atoms with Crippen LogP contribution in [0.25, 0.3) is 11.1 Å². The number of alkyl halides is 5. The Morgan fingerprint density at radius 3 is 2.00 bits per heavy atom. The summed E-state index contributed by atoms with van der Waals surface area (Å²) in [6.45, 7) is 8.31. The highest BCUT2D eigenvalue weighted by Gasteiger charge is 2.79. The third-order valence-corrected chi connectivity index (χ3v) is 17.8. The Morgan fingerprint density at radius 1 is 0.814 bits per heavy atom. The maximum absolute atomic E-state index is 15.6. The molecule has 59 heavy (non-hydrogen) atoms. The average Bonchev–Trinajstić information content (AvgIpc) is 3.46. The van der Waals surface area contributed by atoms with E-state index in [1.165, 1.54) is 19.1 Å². The molecular weight excluding hydrogens is 810 g/mol. The maximum Gasteiger partial charge on any atom is 0.456 e. The van der Waals surface area contributed by atoms with Crippen molar-refractivity contribution < 1.29 is 50.1 Å². The van der Waals surface area contributed by atoms with E-state index in [2.05, 4.69) is 3.77 Å². The molecule has 14 heteroatoms. The number of hydrogen-bond acceptors (Lipinski definition) is 6. The normalized spacial score (nSPS) is 32.4. The summed E-state index contributed by atoms with van der Waals surface area (Å²) in [5.41, 5.74) is -1.64. The van der Waals surface area contributed by atoms with Gasteiger partial charge in [-0.15, -0.1) is 3.77 Å². The van der Waals surface area contributed by atoms with Gasteiger partial charge in [-0.05, 0) is 110 Å². The molecule has 4 fully saturated rings. The van der Waals surface area contributed by atoms with Gasteiger partial charge in [-0.2, -0.15) is 30.4 Å². The zero-order valence-corrected chi connectivity index (χ0v) is 35.5. The Hall–Kier alpha value is -3.01. The molecule has 320 valence electrons.